The second-order valence-corrected chi connectivity index (χ2v) is 10.9. The molecule has 3 rings (SSSR count). The molecule has 7 nitrogen and oxygen atoms in total. The molecule has 0 fully saturated rings. The number of carbonyl (C=O) groups excluding carboxylic acids is 2. The number of benzene rings is 3. The van der Waals surface area contributed by atoms with Gasteiger partial charge in [0, 0.05) is 25.0 Å². The summed E-state index contributed by atoms with van der Waals surface area (Å²) >= 11 is 6.15. The summed E-state index contributed by atoms with van der Waals surface area (Å²) in [4.78, 5) is 28.3. The minimum atomic E-state index is -3.84. The number of aryl methyl sites for hydroxylation is 1. The standard InChI is InChI=1S/C27H30ClN3O4S/c1-20-14-15-23(28)17-24(20)31(36(3,34)35)19-26(32)30(18-22-12-8-5-9-13-22)25(27(33)29-2)16-21-10-6-4-7-11-21/h4-15,17,25H,16,18-19H2,1-3H3,(H,29,33)/t25-/m0/s1. The summed E-state index contributed by atoms with van der Waals surface area (Å²) < 4.78 is 26.6. The maximum absolute atomic E-state index is 13.8. The van der Waals surface area contributed by atoms with Gasteiger partial charge in [-0.3, -0.25) is 13.9 Å². The first-order chi connectivity index (χ1) is 17.1. The molecule has 0 saturated carbocycles. The lowest BCUT2D eigenvalue weighted by Crippen LogP contribution is -2.53. The largest absolute Gasteiger partial charge is 0.357 e. The van der Waals surface area contributed by atoms with Crippen LogP contribution >= 0.6 is 11.6 Å². The molecule has 0 unspecified atom stereocenters. The highest BCUT2D eigenvalue weighted by atomic mass is 35.5. The van der Waals surface area contributed by atoms with Crippen molar-refractivity contribution in [2.75, 3.05) is 24.2 Å². The number of sulfonamides is 1. The molecule has 0 aromatic heterocycles. The molecule has 190 valence electrons. The second-order valence-electron chi connectivity index (χ2n) is 8.53. The Hall–Kier alpha value is -3.36. The first-order valence-electron chi connectivity index (χ1n) is 11.4. The van der Waals surface area contributed by atoms with E-state index in [-0.39, 0.29) is 18.9 Å². The first kappa shape index (κ1) is 27.2. The van der Waals surface area contributed by atoms with Crippen molar-refractivity contribution in [2.45, 2.75) is 25.9 Å². The van der Waals surface area contributed by atoms with Crippen molar-refractivity contribution >= 4 is 39.1 Å². The number of halogens is 1. The van der Waals surface area contributed by atoms with E-state index in [1.165, 1.54) is 18.0 Å². The zero-order chi connectivity index (χ0) is 26.3. The molecule has 1 atom stereocenters. The number of amides is 2. The average molecular weight is 528 g/mol. The molecule has 9 heteroatoms. The normalized spacial score (nSPS) is 12.0. The van der Waals surface area contributed by atoms with Crippen molar-refractivity contribution in [3.8, 4) is 0 Å². The van der Waals surface area contributed by atoms with Crippen LogP contribution in [0.4, 0.5) is 5.69 Å². The fraction of sp³-hybridized carbons (Fsp3) is 0.259. The van der Waals surface area contributed by atoms with Crippen LogP contribution in [0, 0.1) is 6.92 Å². The molecule has 0 bridgehead atoms. The molecule has 0 spiro atoms. The molecule has 0 aliphatic carbocycles. The maximum Gasteiger partial charge on any atom is 0.244 e. The molecule has 0 aliphatic rings. The van der Waals surface area contributed by atoms with Gasteiger partial charge in [-0.05, 0) is 35.7 Å². The average Bonchev–Trinajstić information content (AvgIpc) is 2.86. The van der Waals surface area contributed by atoms with Gasteiger partial charge in [0.1, 0.15) is 12.6 Å². The van der Waals surface area contributed by atoms with Crippen LogP contribution in [0.25, 0.3) is 0 Å². The molecule has 0 heterocycles. The van der Waals surface area contributed by atoms with E-state index in [2.05, 4.69) is 5.32 Å². The Morgan fingerprint density at radius 3 is 2.08 bits per heavy atom. The lowest BCUT2D eigenvalue weighted by atomic mass is 10.0. The number of likely N-dealkylation sites (N-methyl/N-ethyl adjacent to an activating group) is 1. The molecule has 0 radical (unpaired) electrons. The van der Waals surface area contributed by atoms with E-state index in [0.29, 0.717) is 16.3 Å². The lowest BCUT2D eigenvalue weighted by molar-refractivity contribution is -0.139. The molecule has 3 aromatic rings. The Bertz CT molecular complexity index is 1300. The summed E-state index contributed by atoms with van der Waals surface area (Å²) in [7, 11) is -2.32. The number of hydrogen-bond donors (Lipinski definition) is 1. The van der Waals surface area contributed by atoms with E-state index in [1.807, 2.05) is 60.7 Å². The minimum absolute atomic E-state index is 0.136. The highest BCUT2D eigenvalue weighted by Crippen LogP contribution is 2.27. The molecule has 0 aliphatic heterocycles. The maximum atomic E-state index is 13.8. The van der Waals surface area contributed by atoms with Gasteiger partial charge < -0.3 is 10.2 Å². The van der Waals surface area contributed by atoms with Crippen LogP contribution in [0.2, 0.25) is 5.02 Å². The molecular formula is C27H30ClN3O4S. The monoisotopic (exact) mass is 527 g/mol. The van der Waals surface area contributed by atoms with Crippen molar-refractivity contribution in [1.82, 2.24) is 10.2 Å². The van der Waals surface area contributed by atoms with Crippen molar-refractivity contribution in [2.24, 2.45) is 0 Å². The lowest BCUT2D eigenvalue weighted by Gasteiger charge is -2.33. The smallest absolute Gasteiger partial charge is 0.244 e. The molecule has 0 saturated heterocycles. The molecular weight excluding hydrogens is 498 g/mol. The summed E-state index contributed by atoms with van der Waals surface area (Å²) in [5.41, 5.74) is 2.66. The Morgan fingerprint density at radius 1 is 0.944 bits per heavy atom. The Labute approximate surface area is 217 Å². The van der Waals surface area contributed by atoms with Gasteiger partial charge in [-0.1, -0.05) is 78.3 Å². The van der Waals surface area contributed by atoms with Gasteiger partial charge in [0.05, 0.1) is 11.9 Å². The van der Waals surface area contributed by atoms with Crippen LogP contribution in [0.15, 0.2) is 78.9 Å². The fourth-order valence-corrected chi connectivity index (χ4v) is 5.01. The Kier molecular flexibility index (Phi) is 9.12. The number of hydrogen-bond acceptors (Lipinski definition) is 4. The second kappa shape index (κ2) is 12.1. The van der Waals surface area contributed by atoms with Crippen molar-refractivity contribution in [3.63, 3.8) is 0 Å². The first-order valence-corrected chi connectivity index (χ1v) is 13.7. The quantitative estimate of drug-likeness (QED) is 0.434. The van der Waals surface area contributed by atoms with Crippen LogP contribution in [0.1, 0.15) is 16.7 Å². The van der Waals surface area contributed by atoms with Gasteiger partial charge in [0.25, 0.3) is 0 Å². The summed E-state index contributed by atoms with van der Waals surface area (Å²) in [6.07, 6.45) is 1.32. The number of rotatable bonds is 10. The van der Waals surface area contributed by atoms with E-state index >= 15 is 0 Å². The molecule has 1 N–H and O–H groups in total. The van der Waals surface area contributed by atoms with Crippen molar-refractivity contribution < 1.29 is 18.0 Å². The summed E-state index contributed by atoms with van der Waals surface area (Å²) in [6, 6.07) is 22.7. The van der Waals surface area contributed by atoms with E-state index in [9.17, 15) is 18.0 Å². The molecule has 36 heavy (non-hydrogen) atoms. The van der Waals surface area contributed by atoms with Crippen molar-refractivity contribution in [3.05, 3.63) is 101 Å². The predicted molar refractivity (Wildman–Crippen MR) is 143 cm³/mol. The highest BCUT2D eigenvalue weighted by Gasteiger charge is 2.33. The minimum Gasteiger partial charge on any atom is -0.357 e. The van der Waals surface area contributed by atoms with E-state index in [1.54, 1.807) is 19.1 Å². The number of carbonyl (C=O) groups is 2. The van der Waals surface area contributed by atoms with Gasteiger partial charge in [-0.15, -0.1) is 0 Å². The van der Waals surface area contributed by atoms with Crippen LogP contribution in [0.5, 0.6) is 0 Å². The summed E-state index contributed by atoms with van der Waals surface area (Å²) in [5, 5.41) is 3.01. The third-order valence-corrected chi connectivity index (χ3v) is 7.19. The van der Waals surface area contributed by atoms with Gasteiger partial charge in [-0.25, -0.2) is 8.42 Å². The fourth-order valence-electron chi connectivity index (χ4n) is 3.95. The summed E-state index contributed by atoms with van der Waals surface area (Å²) in [6.45, 7) is 1.41. The molecule has 2 amide bonds. The zero-order valence-electron chi connectivity index (χ0n) is 20.5. The SMILES string of the molecule is CNC(=O)[C@H](Cc1ccccc1)N(Cc1ccccc1)C(=O)CN(c1cc(Cl)ccc1C)S(C)(=O)=O. The van der Waals surface area contributed by atoms with Crippen molar-refractivity contribution in [1.29, 1.82) is 0 Å². The topological polar surface area (TPSA) is 86.8 Å². The number of nitrogens with zero attached hydrogens (tertiary/aromatic N) is 2. The van der Waals surface area contributed by atoms with Crippen LogP contribution in [-0.2, 0) is 32.6 Å². The number of anilines is 1. The van der Waals surface area contributed by atoms with E-state index in [0.717, 1.165) is 21.7 Å². The van der Waals surface area contributed by atoms with E-state index < -0.39 is 28.5 Å². The Balaban J connectivity index is 2.03. The van der Waals surface area contributed by atoms with Gasteiger partial charge in [0.15, 0.2) is 0 Å². The Morgan fingerprint density at radius 2 is 1.53 bits per heavy atom. The third-order valence-electron chi connectivity index (χ3n) is 5.83. The van der Waals surface area contributed by atoms with Crippen LogP contribution in [0.3, 0.4) is 0 Å². The van der Waals surface area contributed by atoms with E-state index in [4.69, 9.17) is 11.6 Å². The van der Waals surface area contributed by atoms with Gasteiger partial charge >= 0.3 is 0 Å². The zero-order valence-corrected chi connectivity index (χ0v) is 22.1. The van der Waals surface area contributed by atoms with Crippen LogP contribution < -0.4 is 9.62 Å². The molecule has 3 aromatic carbocycles. The highest BCUT2D eigenvalue weighted by molar-refractivity contribution is 7.92. The number of nitrogens with one attached hydrogen (secondary N) is 1. The third kappa shape index (κ3) is 7.08. The van der Waals surface area contributed by atoms with Crippen LogP contribution in [-0.4, -0.2) is 51.0 Å². The predicted octanol–water partition coefficient (Wildman–Crippen LogP) is 3.80. The van der Waals surface area contributed by atoms with Gasteiger partial charge in [-0.2, -0.15) is 0 Å². The summed E-state index contributed by atoms with van der Waals surface area (Å²) in [5.74, 6) is -0.846. The van der Waals surface area contributed by atoms with Gasteiger partial charge in [0.2, 0.25) is 21.8 Å².